The van der Waals surface area contributed by atoms with Crippen molar-refractivity contribution in [3.63, 3.8) is 0 Å². The molecule has 1 aromatic rings. The van der Waals surface area contributed by atoms with Gasteiger partial charge in [-0.25, -0.2) is 13.2 Å². The molecule has 0 radical (unpaired) electrons. The molecule has 0 saturated heterocycles. The van der Waals surface area contributed by atoms with Gasteiger partial charge >= 0.3 is 12.1 Å². The Labute approximate surface area is 170 Å². The van der Waals surface area contributed by atoms with E-state index < -0.39 is 28.2 Å². The molecule has 2 unspecified atom stereocenters. The van der Waals surface area contributed by atoms with Gasteiger partial charge in [0.2, 0.25) is 13.1 Å². The summed E-state index contributed by atoms with van der Waals surface area (Å²) in [6.45, 7) is 5.72. The molecule has 1 amide bonds. The lowest BCUT2D eigenvalue weighted by atomic mass is 10.1. The molecule has 0 N–H and O–H groups in total. The molecule has 10 heteroatoms. The first kappa shape index (κ1) is 22.8. The highest BCUT2D eigenvalue weighted by molar-refractivity contribution is 7.90. The van der Waals surface area contributed by atoms with Gasteiger partial charge in [0.1, 0.15) is 9.84 Å². The Morgan fingerprint density at radius 3 is 2.52 bits per heavy atom. The standard InChI is InChI=1S/C19H27NO8S/c1-5-20(13(2)10-15-6-7-16-17(11-15)26-12-25-16)19(22)28-14(3)27-18(21)8-9-29(4,23)24/h6-7,11,13-14H,5,8-10,12H2,1-4H3. The van der Waals surface area contributed by atoms with Crippen LogP contribution in [-0.2, 0) is 30.5 Å². The second-order valence-corrected chi connectivity index (χ2v) is 9.11. The van der Waals surface area contributed by atoms with E-state index in [1.54, 1.807) is 0 Å². The number of sulfone groups is 1. The van der Waals surface area contributed by atoms with Crippen LogP contribution in [0.25, 0.3) is 0 Å². The van der Waals surface area contributed by atoms with Crippen LogP contribution in [-0.4, -0.2) is 63.1 Å². The van der Waals surface area contributed by atoms with E-state index in [-0.39, 0.29) is 25.0 Å². The highest BCUT2D eigenvalue weighted by Crippen LogP contribution is 2.33. The number of amides is 1. The SMILES string of the molecule is CCN(C(=O)OC(C)OC(=O)CCS(C)(=O)=O)C(C)Cc1ccc2c(c1)OCO2. The van der Waals surface area contributed by atoms with E-state index >= 15 is 0 Å². The van der Waals surface area contributed by atoms with Crippen LogP contribution in [0.4, 0.5) is 4.79 Å². The van der Waals surface area contributed by atoms with Crippen LogP contribution < -0.4 is 9.47 Å². The Bertz CT molecular complexity index is 839. The maximum atomic E-state index is 12.5. The minimum absolute atomic E-state index is 0.180. The van der Waals surface area contributed by atoms with Crippen LogP contribution in [0.5, 0.6) is 11.5 Å². The van der Waals surface area contributed by atoms with Crippen molar-refractivity contribution in [2.45, 2.75) is 45.9 Å². The second-order valence-electron chi connectivity index (χ2n) is 6.85. The van der Waals surface area contributed by atoms with Gasteiger partial charge in [0.25, 0.3) is 0 Å². The number of likely N-dealkylation sites (N-methyl/N-ethyl adjacent to an activating group) is 1. The summed E-state index contributed by atoms with van der Waals surface area (Å²) in [5.41, 5.74) is 0.980. The molecule has 29 heavy (non-hydrogen) atoms. The van der Waals surface area contributed by atoms with Crippen molar-refractivity contribution in [1.29, 1.82) is 0 Å². The number of carbonyl (C=O) groups is 2. The minimum atomic E-state index is -3.27. The number of esters is 1. The molecule has 162 valence electrons. The number of fused-ring (bicyclic) bond motifs is 1. The molecule has 0 bridgehead atoms. The zero-order chi connectivity index (χ0) is 21.6. The third-order valence-electron chi connectivity index (χ3n) is 4.32. The molecule has 9 nitrogen and oxygen atoms in total. The average Bonchev–Trinajstić information content (AvgIpc) is 3.07. The summed E-state index contributed by atoms with van der Waals surface area (Å²) in [5.74, 6) is 0.307. The first-order valence-electron chi connectivity index (χ1n) is 9.32. The van der Waals surface area contributed by atoms with Gasteiger partial charge in [0, 0.05) is 25.8 Å². The zero-order valence-corrected chi connectivity index (χ0v) is 17.9. The number of ether oxygens (including phenoxy) is 4. The third kappa shape index (κ3) is 7.12. The van der Waals surface area contributed by atoms with Crippen molar-refractivity contribution in [3.05, 3.63) is 23.8 Å². The van der Waals surface area contributed by atoms with Crippen molar-refractivity contribution in [1.82, 2.24) is 4.90 Å². The van der Waals surface area contributed by atoms with E-state index in [4.69, 9.17) is 18.9 Å². The largest absolute Gasteiger partial charge is 0.454 e. The van der Waals surface area contributed by atoms with Gasteiger partial charge in [-0.1, -0.05) is 6.07 Å². The van der Waals surface area contributed by atoms with Crippen molar-refractivity contribution < 1.29 is 37.0 Å². The average molecular weight is 429 g/mol. The first-order chi connectivity index (χ1) is 13.6. The molecular weight excluding hydrogens is 402 g/mol. The minimum Gasteiger partial charge on any atom is -0.454 e. The number of nitrogens with zero attached hydrogens (tertiary/aromatic N) is 1. The smallest absolute Gasteiger partial charge is 0.413 e. The van der Waals surface area contributed by atoms with Crippen LogP contribution in [0, 0.1) is 0 Å². The van der Waals surface area contributed by atoms with E-state index in [1.807, 2.05) is 32.0 Å². The van der Waals surface area contributed by atoms with Crippen LogP contribution in [0.2, 0.25) is 0 Å². The highest BCUT2D eigenvalue weighted by atomic mass is 32.2. The highest BCUT2D eigenvalue weighted by Gasteiger charge is 2.24. The number of hydrogen-bond acceptors (Lipinski definition) is 8. The molecule has 0 aromatic heterocycles. The Balaban J connectivity index is 1.87. The van der Waals surface area contributed by atoms with Crippen LogP contribution in [0.1, 0.15) is 32.8 Å². The van der Waals surface area contributed by atoms with E-state index in [0.717, 1.165) is 11.8 Å². The zero-order valence-electron chi connectivity index (χ0n) is 17.0. The molecule has 0 spiro atoms. The maximum Gasteiger partial charge on any atom is 0.413 e. The molecule has 0 fully saturated rings. The number of hydrogen-bond donors (Lipinski definition) is 0. The van der Waals surface area contributed by atoms with Crippen molar-refractivity contribution in [2.24, 2.45) is 0 Å². The lowest BCUT2D eigenvalue weighted by Crippen LogP contribution is -2.41. The summed E-state index contributed by atoms with van der Waals surface area (Å²) in [4.78, 5) is 25.7. The Morgan fingerprint density at radius 1 is 1.17 bits per heavy atom. The van der Waals surface area contributed by atoms with Crippen LogP contribution in [0.3, 0.4) is 0 Å². The topological polar surface area (TPSA) is 108 Å². The van der Waals surface area contributed by atoms with Gasteiger partial charge in [-0.05, 0) is 38.0 Å². The number of rotatable bonds is 9. The lowest BCUT2D eigenvalue weighted by molar-refractivity contribution is -0.165. The molecule has 0 aliphatic carbocycles. The first-order valence-corrected chi connectivity index (χ1v) is 11.4. The summed E-state index contributed by atoms with van der Waals surface area (Å²) < 4.78 is 43.0. The Morgan fingerprint density at radius 2 is 1.86 bits per heavy atom. The number of carbonyl (C=O) groups excluding carboxylic acids is 2. The molecule has 1 aromatic carbocycles. The van der Waals surface area contributed by atoms with Crippen molar-refractivity contribution in [2.75, 3.05) is 25.3 Å². The molecule has 0 saturated carbocycles. The normalized spacial score (nSPS) is 14.8. The molecule has 2 rings (SSSR count). The van der Waals surface area contributed by atoms with E-state index in [9.17, 15) is 18.0 Å². The predicted octanol–water partition coefficient (Wildman–Crippen LogP) is 2.13. The molecule has 1 aliphatic rings. The van der Waals surface area contributed by atoms with Gasteiger partial charge in [0.15, 0.2) is 11.5 Å². The fourth-order valence-electron chi connectivity index (χ4n) is 2.89. The van der Waals surface area contributed by atoms with Gasteiger partial charge in [0.05, 0.1) is 12.2 Å². The molecular formula is C19H27NO8S. The van der Waals surface area contributed by atoms with Crippen LogP contribution in [0.15, 0.2) is 18.2 Å². The van der Waals surface area contributed by atoms with E-state index in [0.29, 0.717) is 24.5 Å². The van der Waals surface area contributed by atoms with Crippen molar-refractivity contribution >= 4 is 21.9 Å². The second kappa shape index (κ2) is 9.82. The lowest BCUT2D eigenvalue weighted by Gasteiger charge is -2.28. The Hall–Kier alpha value is -2.49. The number of benzene rings is 1. The van der Waals surface area contributed by atoms with Crippen molar-refractivity contribution in [3.8, 4) is 11.5 Å². The molecule has 1 heterocycles. The molecule has 2 atom stereocenters. The summed E-state index contributed by atoms with van der Waals surface area (Å²) in [6.07, 6.45) is -0.434. The van der Waals surface area contributed by atoms with E-state index in [2.05, 4.69) is 0 Å². The molecule has 1 aliphatic heterocycles. The fraction of sp³-hybridized carbons (Fsp3) is 0.579. The Kier molecular flexibility index (Phi) is 7.72. The third-order valence-corrected chi connectivity index (χ3v) is 5.26. The van der Waals surface area contributed by atoms with E-state index in [1.165, 1.54) is 11.8 Å². The van der Waals surface area contributed by atoms with Gasteiger partial charge in [-0.3, -0.25) is 4.79 Å². The monoisotopic (exact) mass is 429 g/mol. The summed E-state index contributed by atoms with van der Waals surface area (Å²) in [5, 5.41) is 0. The maximum absolute atomic E-state index is 12.5. The quantitative estimate of drug-likeness (QED) is 0.434. The predicted molar refractivity (Wildman–Crippen MR) is 104 cm³/mol. The van der Waals surface area contributed by atoms with Gasteiger partial charge < -0.3 is 23.8 Å². The summed E-state index contributed by atoms with van der Waals surface area (Å²) >= 11 is 0. The van der Waals surface area contributed by atoms with Crippen LogP contribution >= 0.6 is 0 Å². The summed E-state index contributed by atoms with van der Waals surface area (Å²) in [6, 6.07) is 5.44. The van der Waals surface area contributed by atoms with Gasteiger partial charge in [-0.15, -0.1) is 0 Å². The fourth-order valence-corrected chi connectivity index (χ4v) is 3.42. The van der Waals surface area contributed by atoms with Gasteiger partial charge in [-0.2, -0.15) is 0 Å². The summed E-state index contributed by atoms with van der Waals surface area (Å²) in [7, 11) is -3.27.